The van der Waals surface area contributed by atoms with Crippen molar-refractivity contribution in [3.05, 3.63) is 12.7 Å². The van der Waals surface area contributed by atoms with Crippen LogP contribution in [0.1, 0.15) is 70.4 Å². The quantitative estimate of drug-likeness (QED) is 0.765. The number of hydrogen-bond donors (Lipinski definition) is 2. The van der Waals surface area contributed by atoms with Crippen molar-refractivity contribution in [2.75, 3.05) is 11.9 Å². The summed E-state index contributed by atoms with van der Waals surface area (Å²) in [6.45, 7) is -0.104. The minimum Gasteiger partial charge on any atom is -0.394 e. The van der Waals surface area contributed by atoms with Crippen LogP contribution in [-0.2, 0) is 14.2 Å². The van der Waals surface area contributed by atoms with Crippen LogP contribution in [-0.4, -0.2) is 61.4 Å². The zero-order valence-electron chi connectivity index (χ0n) is 17.8. The fraction of sp³-hybridized carbons (Fsp3) is 0.773. The molecule has 2 saturated carbocycles. The van der Waals surface area contributed by atoms with E-state index in [1.54, 1.807) is 12.7 Å². The van der Waals surface area contributed by atoms with Crippen molar-refractivity contribution in [2.45, 2.75) is 101 Å². The highest BCUT2D eigenvalue weighted by Gasteiger charge is 2.58. The second-order valence-corrected chi connectivity index (χ2v) is 9.41. The fourth-order valence-corrected chi connectivity index (χ4v) is 5.78. The number of nitrogens with one attached hydrogen (secondary N) is 1. The number of fused-ring (bicyclic) bond motifs is 2. The highest BCUT2D eigenvalue weighted by Crippen LogP contribution is 2.48. The molecular formula is C22H31N5O4. The molecule has 9 nitrogen and oxygen atoms in total. The molecule has 2 aromatic heterocycles. The summed E-state index contributed by atoms with van der Waals surface area (Å²) in [6, 6.07) is 0.431. The maximum atomic E-state index is 9.93. The third kappa shape index (κ3) is 3.42. The molecule has 2 unspecified atom stereocenters. The maximum Gasteiger partial charge on any atom is 0.169 e. The van der Waals surface area contributed by atoms with Gasteiger partial charge in [-0.15, -0.1) is 0 Å². The van der Waals surface area contributed by atoms with Crippen LogP contribution in [0.3, 0.4) is 0 Å². The summed E-state index contributed by atoms with van der Waals surface area (Å²) in [5, 5.41) is 13.5. The van der Waals surface area contributed by atoms with E-state index in [0.29, 0.717) is 11.7 Å². The molecule has 4 heterocycles. The third-order valence-corrected chi connectivity index (χ3v) is 7.36. The van der Waals surface area contributed by atoms with Gasteiger partial charge in [-0.05, 0) is 25.7 Å². The van der Waals surface area contributed by atoms with Crippen LogP contribution in [0.2, 0.25) is 0 Å². The second-order valence-electron chi connectivity index (χ2n) is 9.41. The minimum atomic E-state index is -0.540. The van der Waals surface area contributed by atoms with Gasteiger partial charge in [0.15, 0.2) is 29.0 Å². The summed E-state index contributed by atoms with van der Waals surface area (Å²) in [7, 11) is 0. The van der Waals surface area contributed by atoms with E-state index in [4.69, 9.17) is 14.2 Å². The van der Waals surface area contributed by atoms with E-state index >= 15 is 0 Å². The first-order valence-electron chi connectivity index (χ1n) is 11.8. The van der Waals surface area contributed by atoms with Crippen molar-refractivity contribution in [3.8, 4) is 0 Å². The number of nitrogens with zero attached hydrogens (tertiary/aromatic N) is 4. The molecule has 2 saturated heterocycles. The smallest absolute Gasteiger partial charge is 0.169 e. The van der Waals surface area contributed by atoms with Gasteiger partial charge in [0.2, 0.25) is 0 Å². The van der Waals surface area contributed by atoms with Crippen molar-refractivity contribution >= 4 is 17.0 Å². The normalized spacial score (nSPS) is 33.2. The molecule has 2 aliphatic heterocycles. The Bertz CT molecular complexity index is 924. The molecule has 0 amide bonds. The molecule has 6 rings (SSSR count). The molecule has 0 aromatic carbocycles. The fourth-order valence-electron chi connectivity index (χ4n) is 5.78. The Kier molecular flexibility index (Phi) is 5.09. The summed E-state index contributed by atoms with van der Waals surface area (Å²) in [5.41, 5.74) is 1.45. The molecule has 4 fully saturated rings. The summed E-state index contributed by atoms with van der Waals surface area (Å²) in [5.74, 6) is 0.235. The van der Waals surface area contributed by atoms with Gasteiger partial charge in [-0.1, -0.05) is 25.7 Å². The zero-order valence-corrected chi connectivity index (χ0v) is 17.8. The first-order valence-corrected chi connectivity index (χ1v) is 11.8. The van der Waals surface area contributed by atoms with Crippen LogP contribution in [0, 0.1) is 0 Å². The van der Waals surface area contributed by atoms with Crippen LogP contribution in [0.4, 0.5) is 5.82 Å². The van der Waals surface area contributed by atoms with Crippen LogP contribution in [0.5, 0.6) is 0 Å². The SMILES string of the molecule is OC[C@H]1O[C@@H](n2cnc3c(NC4CCCCC4)ncnc32)C2OC3(CCCCC3)OC21. The standard InChI is InChI=1S/C22H31N5O4/c28-11-15-17-18(31-22(30-17)9-5-2-6-10-22)21(29-15)27-13-25-16-19(23-12-24-20(16)27)26-14-7-3-1-4-8-14/h12-15,17-18,21,28H,1-11H2,(H,23,24,26)/t15-,17?,18?,21-/m1/s1. The first-order chi connectivity index (χ1) is 15.3. The topological polar surface area (TPSA) is 104 Å². The molecular weight excluding hydrogens is 398 g/mol. The number of aliphatic hydroxyl groups is 1. The van der Waals surface area contributed by atoms with Crippen molar-refractivity contribution in [3.63, 3.8) is 0 Å². The number of imidazole rings is 1. The molecule has 0 bridgehead atoms. The van der Waals surface area contributed by atoms with Gasteiger partial charge in [-0.3, -0.25) is 4.57 Å². The number of rotatable bonds is 4. The summed E-state index contributed by atoms with van der Waals surface area (Å²) in [4.78, 5) is 13.6. The molecule has 1 spiro atoms. The Morgan fingerprint density at radius 3 is 2.58 bits per heavy atom. The van der Waals surface area contributed by atoms with Gasteiger partial charge in [0.25, 0.3) is 0 Å². The molecule has 0 radical (unpaired) electrons. The number of aliphatic hydroxyl groups excluding tert-OH is 1. The van der Waals surface area contributed by atoms with E-state index in [1.165, 1.54) is 25.7 Å². The maximum absolute atomic E-state index is 9.93. The lowest BCUT2D eigenvalue weighted by Crippen LogP contribution is -2.37. The third-order valence-electron chi connectivity index (χ3n) is 7.36. The highest BCUT2D eigenvalue weighted by atomic mass is 16.8. The van der Waals surface area contributed by atoms with Crippen LogP contribution in [0.15, 0.2) is 12.7 Å². The average molecular weight is 430 g/mol. The second kappa shape index (κ2) is 7.95. The Morgan fingerprint density at radius 1 is 1.00 bits per heavy atom. The van der Waals surface area contributed by atoms with E-state index in [0.717, 1.165) is 49.9 Å². The Morgan fingerprint density at radius 2 is 1.77 bits per heavy atom. The van der Waals surface area contributed by atoms with Gasteiger partial charge < -0.3 is 24.6 Å². The number of hydrogen-bond acceptors (Lipinski definition) is 8. The highest BCUT2D eigenvalue weighted by molar-refractivity contribution is 5.82. The van der Waals surface area contributed by atoms with Crippen LogP contribution >= 0.6 is 0 Å². The van der Waals surface area contributed by atoms with E-state index in [2.05, 4.69) is 20.3 Å². The first kappa shape index (κ1) is 19.8. The van der Waals surface area contributed by atoms with Gasteiger partial charge in [-0.2, -0.15) is 0 Å². The van der Waals surface area contributed by atoms with Crippen molar-refractivity contribution in [2.24, 2.45) is 0 Å². The molecule has 2 aliphatic carbocycles. The molecule has 9 heteroatoms. The Labute approximate surface area is 181 Å². The average Bonchev–Trinajstić information content (AvgIpc) is 3.47. The van der Waals surface area contributed by atoms with Gasteiger partial charge in [0.1, 0.15) is 24.6 Å². The minimum absolute atomic E-state index is 0.104. The predicted molar refractivity (Wildman–Crippen MR) is 112 cm³/mol. The lowest BCUT2D eigenvalue weighted by Gasteiger charge is -2.34. The largest absolute Gasteiger partial charge is 0.394 e. The van der Waals surface area contributed by atoms with Crippen molar-refractivity contribution in [1.82, 2.24) is 19.5 Å². The Balaban J connectivity index is 1.30. The van der Waals surface area contributed by atoms with E-state index in [9.17, 15) is 5.11 Å². The molecule has 168 valence electrons. The van der Waals surface area contributed by atoms with Gasteiger partial charge in [0.05, 0.1) is 12.9 Å². The lowest BCUT2D eigenvalue weighted by atomic mass is 9.94. The lowest BCUT2D eigenvalue weighted by molar-refractivity contribution is -0.232. The van der Waals surface area contributed by atoms with Gasteiger partial charge in [0, 0.05) is 18.9 Å². The zero-order chi connectivity index (χ0) is 20.8. The Hall–Kier alpha value is -1.81. The van der Waals surface area contributed by atoms with E-state index < -0.39 is 18.1 Å². The van der Waals surface area contributed by atoms with Crippen molar-refractivity contribution < 1.29 is 19.3 Å². The molecule has 4 aliphatic rings. The number of ether oxygens (including phenoxy) is 3. The number of anilines is 1. The van der Waals surface area contributed by atoms with Crippen LogP contribution < -0.4 is 5.32 Å². The summed E-state index contributed by atoms with van der Waals surface area (Å²) >= 11 is 0. The number of aromatic nitrogens is 4. The van der Waals surface area contributed by atoms with E-state index in [1.807, 2.05) is 4.57 Å². The molecule has 2 aromatic rings. The van der Waals surface area contributed by atoms with Gasteiger partial charge >= 0.3 is 0 Å². The molecule has 4 atom stereocenters. The summed E-state index contributed by atoms with van der Waals surface area (Å²) in [6.07, 6.45) is 13.2. The van der Waals surface area contributed by atoms with Gasteiger partial charge in [-0.25, -0.2) is 15.0 Å². The monoisotopic (exact) mass is 429 g/mol. The molecule has 31 heavy (non-hydrogen) atoms. The van der Waals surface area contributed by atoms with Crippen LogP contribution in [0.25, 0.3) is 11.2 Å². The van der Waals surface area contributed by atoms with E-state index in [-0.39, 0.29) is 18.8 Å². The predicted octanol–water partition coefficient (Wildman–Crippen LogP) is 2.91. The summed E-state index contributed by atoms with van der Waals surface area (Å²) < 4.78 is 21.0. The molecule has 2 N–H and O–H groups in total. The van der Waals surface area contributed by atoms with Crippen molar-refractivity contribution in [1.29, 1.82) is 0 Å².